The Labute approximate surface area is 168 Å². The van der Waals surface area contributed by atoms with E-state index in [0.29, 0.717) is 5.69 Å². The van der Waals surface area contributed by atoms with Crippen LogP contribution in [0.1, 0.15) is 35.2 Å². The highest BCUT2D eigenvalue weighted by molar-refractivity contribution is 7.80. The standard InChI is InChI=1S/C20H22N4O3S/c1-14-5-8-16(9-6-14)21-20(28)22-19(25)15-7-10-17(18(13-15)24(26)27)23-11-3-2-4-12-23/h5-10,13H,2-4,11-12H2,1H3,(H2,21,22,25,28). The number of anilines is 2. The van der Waals surface area contributed by atoms with Crippen molar-refractivity contribution in [1.82, 2.24) is 5.32 Å². The molecule has 0 bridgehead atoms. The molecule has 0 saturated carbocycles. The molecule has 1 amide bonds. The minimum absolute atomic E-state index is 0.0630. The van der Waals surface area contributed by atoms with E-state index in [-0.39, 0.29) is 16.4 Å². The number of aryl methyl sites for hydroxylation is 1. The van der Waals surface area contributed by atoms with Gasteiger partial charge in [-0.15, -0.1) is 0 Å². The van der Waals surface area contributed by atoms with Crippen molar-refractivity contribution in [3.63, 3.8) is 0 Å². The van der Waals surface area contributed by atoms with Crippen LogP contribution in [0.5, 0.6) is 0 Å². The Kier molecular flexibility index (Phi) is 6.20. The van der Waals surface area contributed by atoms with E-state index in [4.69, 9.17) is 12.2 Å². The van der Waals surface area contributed by atoms with Crippen molar-refractivity contribution in [2.45, 2.75) is 26.2 Å². The van der Waals surface area contributed by atoms with Crippen LogP contribution in [0.3, 0.4) is 0 Å². The number of benzene rings is 2. The van der Waals surface area contributed by atoms with Crippen LogP contribution < -0.4 is 15.5 Å². The number of rotatable bonds is 4. The maximum atomic E-state index is 12.5. The summed E-state index contributed by atoms with van der Waals surface area (Å²) in [6.07, 6.45) is 3.16. The third-order valence-corrected chi connectivity index (χ3v) is 4.87. The number of carbonyl (C=O) groups excluding carboxylic acids is 1. The highest BCUT2D eigenvalue weighted by atomic mass is 32.1. The van der Waals surface area contributed by atoms with Crippen LogP contribution in [0.2, 0.25) is 0 Å². The van der Waals surface area contributed by atoms with E-state index in [1.54, 1.807) is 12.1 Å². The number of piperidine rings is 1. The number of hydrogen-bond donors (Lipinski definition) is 2. The minimum Gasteiger partial charge on any atom is -0.366 e. The molecule has 0 spiro atoms. The van der Waals surface area contributed by atoms with E-state index < -0.39 is 10.8 Å². The monoisotopic (exact) mass is 398 g/mol. The summed E-state index contributed by atoms with van der Waals surface area (Å²) in [6.45, 7) is 3.55. The lowest BCUT2D eigenvalue weighted by Crippen LogP contribution is -2.34. The molecule has 1 fully saturated rings. The lowest BCUT2D eigenvalue weighted by Gasteiger charge is -2.28. The zero-order chi connectivity index (χ0) is 20.1. The molecule has 0 atom stereocenters. The smallest absolute Gasteiger partial charge is 0.293 e. The van der Waals surface area contributed by atoms with Gasteiger partial charge in [-0.1, -0.05) is 17.7 Å². The summed E-state index contributed by atoms with van der Waals surface area (Å²) < 4.78 is 0. The number of nitrogens with zero attached hydrogens (tertiary/aromatic N) is 2. The first-order chi connectivity index (χ1) is 13.4. The summed E-state index contributed by atoms with van der Waals surface area (Å²) >= 11 is 5.17. The Bertz CT molecular complexity index is 893. The molecular formula is C20H22N4O3S. The van der Waals surface area contributed by atoms with Crippen molar-refractivity contribution >= 4 is 40.3 Å². The number of amides is 1. The van der Waals surface area contributed by atoms with Crippen LogP contribution in [0.4, 0.5) is 17.1 Å². The lowest BCUT2D eigenvalue weighted by atomic mass is 10.1. The molecule has 2 N–H and O–H groups in total. The van der Waals surface area contributed by atoms with Gasteiger partial charge in [0.1, 0.15) is 5.69 Å². The van der Waals surface area contributed by atoms with Gasteiger partial charge < -0.3 is 10.2 Å². The molecule has 1 heterocycles. The number of thiocarbonyl (C=S) groups is 1. The van der Waals surface area contributed by atoms with E-state index in [9.17, 15) is 14.9 Å². The number of nitro benzene ring substituents is 1. The highest BCUT2D eigenvalue weighted by Gasteiger charge is 2.23. The summed E-state index contributed by atoms with van der Waals surface area (Å²) in [5, 5.41) is 17.2. The van der Waals surface area contributed by atoms with Crippen molar-refractivity contribution in [2.24, 2.45) is 0 Å². The summed E-state index contributed by atoms with van der Waals surface area (Å²) in [4.78, 5) is 25.6. The molecule has 0 aromatic heterocycles. The molecule has 8 heteroatoms. The lowest BCUT2D eigenvalue weighted by molar-refractivity contribution is -0.384. The summed E-state index contributed by atoms with van der Waals surface area (Å²) in [5.41, 5.74) is 2.55. The fourth-order valence-corrected chi connectivity index (χ4v) is 3.40. The van der Waals surface area contributed by atoms with Gasteiger partial charge >= 0.3 is 0 Å². The third kappa shape index (κ3) is 4.83. The molecule has 3 rings (SSSR count). The van der Waals surface area contributed by atoms with Crippen LogP contribution in [0, 0.1) is 17.0 Å². The van der Waals surface area contributed by atoms with E-state index in [1.807, 2.05) is 36.1 Å². The zero-order valence-corrected chi connectivity index (χ0v) is 16.4. The SMILES string of the molecule is Cc1ccc(NC(=S)NC(=O)c2ccc(N3CCCCC3)c([N+](=O)[O-])c2)cc1. The van der Waals surface area contributed by atoms with Gasteiger partial charge in [-0.3, -0.25) is 20.2 Å². The molecule has 0 radical (unpaired) electrons. The van der Waals surface area contributed by atoms with Gasteiger partial charge in [0.2, 0.25) is 0 Å². The van der Waals surface area contributed by atoms with Crippen LogP contribution in [0.25, 0.3) is 0 Å². The quantitative estimate of drug-likeness (QED) is 0.459. The minimum atomic E-state index is -0.488. The molecule has 1 aliphatic heterocycles. The molecule has 0 unspecified atom stereocenters. The largest absolute Gasteiger partial charge is 0.366 e. The molecule has 0 aliphatic carbocycles. The van der Waals surface area contributed by atoms with Crippen molar-refractivity contribution in [1.29, 1.82) is 0 Å². The van der Waals surface area contributed by atoms with Crippen molar-refractivity contribution in [2.75, 3.05) is 23.3 Å². The van der Waals surface area contributed by atoms with E-state index >= 15 is 0 Å². The molecule has 146 valence electrons. The first-order valence-electron chi connectivity index (χ1n) is 9.16. The van der Waals surface area contributed by atoms with Crippen LogP contribution in [-0.4, -0.2) is 29.0 Å². The van der Waals surface area contributed by atoms with Gasteiger partial charge in [-0.2, -0.15) is 0 Å². The van der Waals surface area contributed by atoms with E-state index in [0.717, 1.165) is 43.6 Å². The van der Waals surface area contributed by atoms with E-state index in [1.165, 1.54) is 6.07 Å². The van der Waals surface area contributed by atoms with Gasteiger partial charge in [0.05, 0.1) is 4.92 Å². The maximum absolute atomic E-state index is 12.5. The molecule has 1 aliphatic rings. The van der Waals surface area contributed by atoms with Gasteiger partial charge in [0.15, 0.2) is 5.11 Å². The third-order valence-electron chi connectivity index (χ3n) is 4.67. The fraction of sp³-hybridized carbons (Fsp3) is 0.300. The van der Waals surface area contributed by atoms with Gasteiger partial charge in [0.25, 0.3) is 11.6 Å². The maximum Gasteiger partial charge on any atom is 0.293 e. The van der Waals surface area contributed by atoms with E-state index in [2.05, 4.69) is 10.6 Å². The Morgan fingerprint density at radius 2 is 1.79 bits per heavy atom. The Morgan fingerprint density at radius 3 is 2.43 bits per heavy atom. The summed E-state index contributed by atoms with van der Waals surface area (Å²) in [5.74, 6) is -0.488. The molecule has 1 saturated heterocycles. The fourth-order valence-electron chi connectivity index (χ4n) is 3.19. The number of hydrogen-bond acceptors (Lipinski definition) is 5. The van der Waals surface area contributed by atoms with Crippen molar-refractivity contribution < 1.29 is 9.72 Å². The summed E-state index contributed by atoms with van der Waals surface area (Å²) in [7, 11) is 0. The number of nitrogens with one attached hydrogen (secondary N) is 2. The molecule has 28 heavy (non-hydrogen) atoms. The van der Waals surface area contributed by atoms with Crippen LogP contribution >= 0.6 is 12.2 Å². The van der Waals surface area contributed by atoms with Crippen LogP contribution in [0.15, 0.2) is 42.5 Å². The van der Waals surface area contributed by atoms with Crippen LogP contribution in [-0.2, 0) is 0 Å². The Balaban J connectivity index is 1.72. The Hall–Kier alpha value is -3.00. The topological polar surface area (TPSA) is 87.5 Å². The van der Waals surface area contributed by atoms with Gasteiger partial charge in [-0.05, 0) is 62.7 Å². The highest BCUT2D eigenvalue weighted by Crippen LogP contribution is 2.31. The molecule has 2 aromatic rings. The predicted octanol–water partition coefficient (Wildman–Crippen LogP) is 4.02. The molecule has 7 nitrogen and oxygen atoms in total. The number of carbonyl (C=O) groups is 1. The molecular weight excluding hydrogens is 376 g/mol. The number of nitro groups is 1. The second-order valence-electron chi connectivity index (χ2n) is 6.78. The zero-order valence-electron chi connectivity index (χ0n) is 15.6. The van der Waals surface area contributed by atoms with Crippen molar-refractivity contribution in [3.8, 4) is 0 Å². The first-order valence-corrected chi connectivity index (χ1v) is 9.57. The molecule has 2 aromatic carbocycles. The first kappa shape index (κ1) is 19.8. The second-order valence-corrected chi connectivity index (χ2v) is 7.19. The van der Waals surface area contributed by atoms with Gasteiger partial charge in [0, 0.05) is 30.4 Å². The average Bonchev–Trinajstić information content (AvgIpc) is 2.69. The van der Waals surface area contributed by atoms with Gasteiger partial charge in [-0.25, -0.2) is 0 Å². The second kappa shape index (κ2) is 8.79. The Morgan fingerprint density at radius 1 is 1.11 bits per heavy atom. The normalized spacial score (nSPS) is 13.7. The van der Waals surface area contributed by atoms with Crippen molar-refractivity contribution in [3.05, 3.63) is 63.7 Å². The summed E-state index contributed by atoms with van der Waals surface area (Å²) in [6, 6.07) is 12.1. The average molecular weight is 398 g/mol. The predicted molar refractivity (Wildman–Crippen MR) is 114 cm³/mol.